The maximum atomic E-state index is 12.3. The first kappa shape index (κ1) is 13.9. The number of carbonyl (C=O) groups excluding carboxylic acids is 1. The van der Waals surface area contributed by atoms with Crippen molar-refractivity contribution >= 4 is 5.91 Å². The Kier molecular flexibility index (Phi) is 4.13. The summed E-state index contributed by atoms with van der Waals surface area (Å²) in [5.74, 6) is 0.636. The predicted octanol–water partition coefficient (Wildman–Crippen LogP) is 3.54. The molecule has 0 heterocycles. The second kappa shape index (κ2) is 5.64. The molecule has 1 fully saturated rings. The summed E-state index contributed by atoms with van der Waals surface area (Å²) in [7, 11) is 0. The van der Waals surface area contributed by atoms with Crippen LogP contribution in [-0.4, -0.2) is 17.6 Å². The van der Waals surface area contributed by atoms with Gasteiger partial charge in [-0.05, 0) is 45.7 Å². The number of ether oxygens (including phenoxy) is 1. The van der Waals surface area contributed by atoms with Gasteiger partial charge in [0.15, 0.2) is 0 Å². The molecule has 0 aliphatic heterocycles. The van der Waals surface area contributed by atoms with Crippen molar-refractivity contribution < 1.29 is 9.53 Å². The number of hydrogen-bond donors (Lipinski definition) is 1. The van der Waals surface area contributed by atoms with E-state index in [1.165, 1.54) is 12.8 Å². The van der Waals surface area contributed by atoms with Crippen LogP contribution in [0.5, 0.6) is 5.75 Å². The van der Waals surface area contributed by atoms with Gasteiger partial charge in [0, 0.05) is 6.04 Å². The SMILES string of the molecule is CC(C)(C)Oc1ccccc1C(=O)NC1CCCC1. The zero-order valence-electron chi connectivity index (χ0n) is 12.0. The number of rotatable bonds is 3. The summed E-state index contributed by atoms with van der Waals surface area (Å²) in [6, 6.07) is 7.78. The van der Waals surface area contributed by atoms with Gasteiger partial charge in [0.2, 0.25) is 0 Å². The van der Waals surface area contributed by atoms with E-state index in [0.29, 0.717) is 17.4 Å². The molecular formula is C16H23NO2. The van der Waals surface area contributed by atoms with Gasteiger partial charge >= 0.3 is 0 Å². The summed E-state index contributed by atoms with van der Waals surface area (Å²) >= 11 is 0. The molecule has 1 aliphatic rings. The fourth-order valence-electron chi connectivity index (χ4n) is 2.41. The van der Waals surface area contributed by atoms with Crippen LogP contribution in [-0.2, 0) is 0 Å². The summed E-state index contributed by atoms with van der Waals surface area (Å²) in [6.07, 6.45) is 4.61. The Morgan fingerprint density at radius 3 is 2.47 bits per heavy atom. The van der Waals surface area contributed by atoms with Crippen molar-refractivity contribution in [3.8, 4) is 5.75 Å². The third-order valence-electron chi connectivity index (χ3n) is 3.24. The number of hydrogen-bond acceptors (Lipinski definition) is 2. The van der Waals surface area contributed by atoms with E-state index in [1.807, 2.05) is 45.0 Å². The molecule has 3 nitrogen and oxygen atoms in total. The van der Waals surface area contributed by atoms with Crippen molar-refractivity contribution in [2.24, 2.45) is 0 Å². The Labute approximate surface area is 115 Å². The molecule has 3 heteroatoms. The largest absolute Gasteiger partial charge is 0.487 e. The lowest BCUT2D eigenvalue weighted by Gasteiger charge is -2.23. The molecular weight excluding hydrogens is 238 g/mol. The van der Waals surface area contributed by atoms with E-state index < -0.39 is 0 Å². The summed E-state index contributed by atoms with van der Waals surface area (Å²) in [5, 5.41) is 3.10. The molecule has 1 aromatic rings. The topological polar surface area (TPSA) is 38.3 Å². The first-order chi connectivity index (χ1) is 8.96. The fourth-order valence-corrected chi connectivity index (χ4v) is 2.41. The molecule has 0 saturated heterocycles. The molecule has 1 aliphatic carbocycles. The highest BCUT2D eigenvalue weighted by Crippen LogP contribution is 2.24. The van der Waals surface area contributed by atoms with Crippen LogP contribution in [0.3, 0.4) is 0 Å². The molecule has 104 valence electrons. The molecule has 0 atom stereocenters. The Bertz CT molecular complexity index is 442. The number of amides is 1. The quantitative estimate of drug-likeness (QED) is 0.903. The number of nitrogens with one attached hydrogen (secondary N) is 1. The maximum Gasteiger partial charge on any atom is 0.255 e. The summed E-state index contributed by atoms with van der Waals surface area (Å²) in [4.78, 5) is 12.3. The fraction of sp³-hybridized carbons (Fsp3) is 0.562. The van der Waals surface area contributed by atoms with Crippen LogP contribution in [0.15, 0.2) is 24.3 Å². The van der Waals surface area contributed by atoms with E-state index >= 15 is 0 Å². The molecule has 0 bridgehead atoms. The van der Waals surface area contributed by atoms with E-state index in [4.69, 9.17) is 4.74 Å². The zero-order valence-corrected chi connectivity index (χ0v) is 12.0. The van der Waals surface area contributed by atoms with Crippen LogP contribution in [0, 0.1) is 0 Å². The second-order valence-electron chi connectivity index (χ2n) is 6.17. The zero-order chi connectivity index (χ0) is 13.9. The van der Waals surface area contributed by atoms with E-state index in [9.17, 15) is 4.79 Å². The van der Waals surface area contributed by atoms with Gasteiger partial charge in [0.05, 0.1) is 5.56 Å². The number of benzene rings is 1. The average Bonchev–Trinajstić information content (AvgIpc) is 2.80. The number of carbonyl (C=O) groups is 1. The minimum Gasteiger partial charge on any atom is -0.487 e. The third-order valence-corrected chi connectivity index (χ3v) is 3.24. The van der Waals surface area contributed by atoms with Gasteiger partial charge in [0.25, 0.3) is 5.91 Å². The highest BCUT2D eigenvalue weighted by molar-refractivity contribution is 5.97. The predicted molar refractivity (Wildman–Crippen MR) is 76.5 cm³/mol. The van der Waals surface area contributed by atoms with Crippen molar-refractivity contribution in [1.29, 1.82) is 0 Å². The normalized spacial score (nSPS) is 16.4. The average molecular weight is 261 g/mol. The second-order valence-corrected chi connectivity index (χ2v) is 6.17. The van der Waals surface area contributed by atoms with Crippen LogP contribution in [0.4, 0.5) is 0 Å². The lowest BCUT2D eigenvalue weighted by molar-refractivity contribution is 0.0918. The van der Waals surface area contributed by atoms with Crippen LogP contribution in [0.1, 0.15) is 56.8 Å². The van der Waals surface area contributed by atoms with E-state index in [0.717, 1.165) is 12.8 Å². The van der Waals surface area contributed by atoms with Crippen molar-refractivity contribution in [3.63, 3.8) is 0 Å². The Balaban J connectivity index is 2.11. The maximum absolute atomic E-state index is 12.3. The minimum atomic E-state index is -0.302. The van der Waals surface area contributed by atoms with Crippen molar-refractivity contribution in [2.75, 3.05) is 0 Å². The molecule has 1 amide bonds. The molecule has 2 rings (SSSR count). The van der Waals surface area contributed by atoms with E-state index in [-0.39, 0.29) is 11.5 Å². The first-order valence-electron chi connectivity index (χ1n) is 7.04. The third kappa shape index (κ3) is 3.98. The lowest BCUT2D eigenvalue weighted by atomic mass is 10.1. The molecule has 19 heavy (non-hydrogen) atoms. The lowest BCUT2D eigenvalue weighted by Crippen LogP contribution is -2.33. The van der Waals surface area contributed by atoms with Gasteiger partial charge in [-0.3, -0.25) is 4.79 Å². The van der Waals surface area contributed by atoms with Crippen LogP contribution >= 0.6 is 0 Å². The van der Waals surface area contributed by atoms with Gasteiger partial charge in [-0.25, -0.2) is 0 Å². The van der Waals surface area contributed by atoms with Crippen molar-refractivity contribution in [2.45, 2.75) is 58.1 Å². The summed E-state index contributed by atoms with van der Waals surface area (Å²) in [6.45, 7) is 5.95. The monoisotopic (exact) mass is 261 g/mol. The minimum absolute atomic E-state index is 0.0215. The number of para-hydroxylation sites is 1. The van der Waals surface area contributed by atoms with Crippen LogP contribution < -0.4 is 10.1 Å². The van der Waals surface area contributed by atoms with E-state index in [2.05, 4.69) is 5.32 Å². The van der Waals surface area contributed by atoms with Crippen molar-refractivity contribution in [3.05, 3.63) is 29.8 Å². The molecule has 0 unspecified atom stereocenters. The smallest absolute Gasteiger partial charge is 0.255 e. The van der Waals surface area contributed by atoms with Gasteiger partial charge < -0.3 is 10.1 Å². The highest BCUT2D eigenvalue weighted by atomic mass is 16.5. The van der Waals surface area contributed by atoms with Gasteiger partial charge in [0.1, 0.15) is 11.4 Å². The Morgan fingerprint density at radius 2 is 1.84 bits per heavy atom. The van der Waals surface area contributed by atoms with E-state index in [1.54, 1.807) is 0 Å². The standard InChI is InChI=1S/C16H23NO2/c1-16(2,3)19-14-11-7-6-10-13(14)15(18)17-12-8-4-5-9-12/h6-7,10-12H,4-5,8-9H2,1-3H3,(H,17,18). The molecule has 1 aromatic carbocycles. The van der Waals surface area contributed by atoms with Gasteiger partial charge in [-0.2, -0.15) is 0 Å². The summed E-state index contributed by atoms with van der Waals surface area (Å²) in [5.41, 5.74) is 0.327. The summed E-state index contributed by atoms with van der Waals surface area (Å²) < 4.78 is 5.86. The van der Waals surface area contributed by atoms with Crippen molar-refractivity contribution in [1.82, 2.24) is 5.32 Å². The Hall–Kier alpha value is -1.51. The molecule has 0 radical (unpaired) electrons. The van der Waals surface area contributed by atoms with Crippen LogP contribution in [0.25, 0.3) is 0 Å². The Morgan fingerprint density at radius 1 is 1.21 bits per heavy atom. The highest BCUT2D eigenvalue weighted by Gasteiger charge is 2.21. The molecule has 0 spiro atoms. The first-order valence-corrected chi connectivity index (χ1v) is 7.04. The molecule has 1 saturated carbocycles. The van der Waals surface area contributed by atoms with Gasteiger partial charge in [-0.1, -0.05) is 25.0 Å². The molecule has 0 aromatic heterocycles. The van der Waals surface area contributed by atoms with Gasteiger partial charge in [-0.15, -0.1) is 0 Å². The molecule has 1 N–H and O–H groups in total. The van der Waals surface area contributed by atoms with Crippen LogP contribution in [0.2, 0.25) is 0 Å².